The molecule has 0 amide bonds. The molecule has 1 aliphatic heterocycles. The third-order valence-corrected chi connectivity index (χ3v) is 6.17. The molecule has 10 heteroatoms. The molecule has 1 fully saturated rings. The maximum absolute atomic E-state index is 12.8. The fourth-order valence-electron chi connectivity index (χ4n) is 3.53. The van der Waals surface area contributed by atoms with Crippen molar-refractivity contribution in [3.05, 3.63) is 62.1 Å². The summed E-state index contributed by atoms with van der Waals surface area (Å²) in [5.74, 6) is 1.24. The van der Waals surface area contributed by atoms with Crippen molar-refractivity contribution in [2.45, 2.75) is 26.8 Å². The van der Waals surface area contributed by atoms with E-state index < -0.39 is 0 Å². The van der Waals surface area contributed by atoms with Gasteiger partial charge in [0.1, 0.15) is 5.02 Å². The fourth-order valence-corrected chi connectivity index (χ4v) is 3.95. The number of anilines is 1. The van der Waals surface area contributed by atoms with Gasteiger partial charge in [-0.05, 0) is 38.5 Å². The molecular weight excluding hydrogens is 427 g/mol. The minimum Gasteiger partial charge on any atom is -0.366 e. The molecule has 1 unspecified atom stereocenters. The molecule has 1 aromatic carbocycles. The van der Waals surface area contributed by atoms with E-state index in [2.05, 4.69) is 25.0 Å². The quantitative estimate of drug-likeness (QED) is 0.604. The lowest BCUT2D eigenvalue weighted by Crippen LogP contribution is -2.47. The Bertz CT molecular complexity index is 1120. The molecule has 0 saturated carbocycles. The zero-order valence-corrected chi connectivity index (χ0v) is 18.5. The standard InChI is InChI=1S/C20H22Cl2N6O2/c1-12-4-5-15(10-16(12)21)28-20(29)18(22)17(11-23-28)27-8-6-26(7-9-27)13(2)19-24-14(3)25-30-19/h4-5,10-11,13H,6-9H2,1-3H3. The van der Waals surface area contributed by atoms with Crippen LogP contribution in [0.25, 0.3) is 5.69 Å². The Morgan fingerprint density at radius 2 is 1.87 bits per heavy atom. The van der Waals surface area contributed by atoms with Crippen LogP contribution < -0.4 is 10.5 Å². The molecule has 8 nitrogen and oxygen atoms in total. The van der Waals surface area contributed by atoms with Gasteiger partial charge in [-0.2, -0.15) is 14.8 Å². The summed E-state index contributed by atoms with van der Waals surface area (Å²) >= 11 is 12.6. The third-order valence-electron chi connectivity index (χ3n) is 5.40. The maximum Gasteiger partial charge on any atom is 0.292 e. The van der Waals surface area contributed by atoms with Gasteiger partial charge in [-0.1, -0.05) is 34.4 Å². The van der Waals surface area contributed by atoms with Gasteiger partial charge in [-0.25, -0.2) is 0 Å². The first kappa shape index (κ1) is 20.8. The van der Waals surface area contributed by atoms with Gasteiger partial charge in [-0.3, -0.25) is 9.69 Å². The van der Waals surface area contributed by atoms with Crippen LogP contribution in [0.1, 0.15) is 30.2 Å². The number of hydrogen-bond acceptors (Lipinski definition) is 7. The second-order valence-electron chi connectivity index (χ2n) is 7.37. The van der Waals surface area contributed by atoms with E-state index in [9.17, 15) is 4.79 Å². The van der Waals surface area contributed by atoms with E-state index in [4.69, 9.17) is 27.7 Å². The monoisotopic (exact) mass is 448 g/mol. The predicted octanol–water partition coefficient (Wildman–Crippen LogP) is 3.42. The summed E-state index contributed by atoms with van der Waals surface area (Å²) in [5.41, 5.74) is 1.78. The normalized spacial score (nSPS) is 16.1. The van der Waals surface area contributed by atoms with E-state index in [0.29, 0.717) is 41.2 Å². The molecule has 0 bridgehead atoms. The van der Waals surface area contributed by atoms with Gasteiger partial charge in [0.15, 0.2) is 5.82 Å². The second kappa shape index (κ2) is 8.37. The Balaban J connectivity index is 1.51. The van der Waals surface area contributed by atoms with Crippen LogP contribution in [0.4, 0.5) is 5.69 Å². The van der Waals surface area contributed by atoms with E-state index in [-0.39, 0.29) is 16.6 Å². The van der Waals surface area contributed by atoms with Crippen molar-refractivity contribution >= 4 is 28.9 Å². The average Bonchev–Trinajstić information content (AvgIpc) is 3.18. The number of piperazine rings is 1. The summed E-state index contributed by atoms with van der Waals surface area (Å²) in [6.07, 6.45) is 1.64. The fraction of sp³-hybridized carbons (Fsp3) is 0.400. The molecule has 30 heavy (non-hydrogen) atoms. The molecule has 2 aromatic heterocycles. The van der Waals surface area contributed by atoms with Crippen molar-refractivity contribution in [2.75, 3.05) is 31.1 Å². The zero-order valence-electron chi connectivity index (χ0n) is 17.0. The first-order valence-electron chi connectivity index (χ1n) is 9.68. The largest absolute Gasteiger partial charge is 0.366 e. The van der Waals surface area contributed by atoms with Crippen molar-refractivity contribution in [2.24, 2.45) is 0 Å². The summed E-state index contributed by atoms with van der Waals surface area (Å²) < 4.78 is 6.57. The van der Waals surface area contributed by atoms with Gasteiger partial charge in [-0.15, -0.1) is 0 Å². The molecule has 0 radical (unpaired) electrons. The summed E-state index contributed by atoms with van der Waals surface area (Å²) in [4.78, 5) is 21.5. The first-order chi connectivity index (χ1) is 14.3. The van der Waals surface area contributed by atoms with Crippen LogP contribution >= 0.6 is 23.2 Å². The third kappa shape index (κ3) is 3.95. The van der Waals surface area contributed by atoms with Crippen molar-refractivity contribution in [1.29, 1.82) is 0 Å². The molecule has 158 valence electrons. The Morgan fingerprint density at radius 3 is 2.50 bits per heavy atom. The molecule has 0 aliphatic carbocycles. The summed E-state index contributed by atoms with van der Waals surface area (Å²) in [6, 6.07) is 5.38. The molecule has 3 aromatic rings. The van der Waals surface area contributed by atoms with Gasteiger partial charge in [0, 0.05) is 31.2 Å². The molecule has 1 saturated heterocycles. The van der Waals surface area contributed by atoms with Gasteiger partial charge in [0.05, 0.1) is 23.6 Å². The van der Waals surface area contributed by atoms with Crippen LogP contribution in [0.5, 0.6) is 0 Å². The van der Waals surface area contributed by atoms with E-state index in [0.717, 1.165) is 18.7 Å². The van der Waals surface area contributed by atoms with E-state index >= 15 is 0 Å². The molecule has 3 heterocycles. The van der Waals surface area contributed by atoms with E-state index in [1.54, 1.807) is 25.3 Å². The van der Waals surface area contributed by atoms with Gasteiger partial charge in [0.25, 0.3) is 5.56 Å². The maximum atomic E-state index is 12.8. The summed E-state index contributed by atoms with van der Waals surface area (Å²) in [7, 11) is 0. The number of aromatic nitrogens is 4. The van der Waals surface area contributed by atoms with Crippen LogP contribution in [-0.4, -0.2) is 51.0 Å². The molecule has 0 spiro atoms. The lowest BCUT2D eigenvalue weighted by molar-refractivity contribution is 0.164. The number of aryl methyl sites for hydroxylation is 2. The van der Waals surface area contributed by atoms with Gasteiger partial charge >= 0.3 is 0 Å². The van der Waals surface area contributed by atoms with Crippen LogP contribution in [0.2, 0.25) is 10.0 Å². The van der Waals surface area contributed by atoms with Crippen molar-refractivity contribution in [3.8, 4) is 5.69 Å². The van der Waals surface area contributed by atoms with Crippen LogP contribution in [0.3, 0.4) is 0 Å². The predicted molar refractivity (Wildman–Crippen MR) is 116 cm³/mol. The van der Waals surface area contributed by atoms with Crippen molar-refractivity contribution in [1.82, 2.24) is 24.8 Å². The van der Waals surface area contributed by atoms with Crippen LogP contribution in [0, 0.1) is 13.8 Å². The molecule has 1 atom stereocenters. The number of nitrogens with zero attached hydrogens (tertiary/aromatic N) is 6. The minimum atomic E-state index is -0.369. The lowest BCUT2D eigenvalue weighted by atomic mass is 10.2. The Kier molecular flexibility index (Phi) is 5.81. The average molecular weight is 449 g/mol. The Hall–Kier alpha value is -2.42. The first-order valence-corrected chi connectivity index (χ1v) is 10.4. The van der Waals surface area contributed by atoms with E-state index in [1.807, 2.05) is 19.9 Å². The number of benzene rings is 1. The highest BCUT2D eigenvalue weighted by molar-refractivity contribution is 6.33. The number of hydrogen-bond donors (Lipinski definition) is 0. The second-order valence-corrected chi connectivity index (χ2v) is 8.16. The Labute approximate surface area is 184 Å². The smallest absolute Gasteiger partial charge is 0.292 e. The summed E-state index contributed by atoms with van der Waals surface area (Å²) in [5, 5.41) is 8.92. The molecule has 0 N–H and O–H groups in total. The van der Waals surface area contributed by atoms with Gasteiger partial charge < -0.3 is 9.42 Å². The Morgan fingerprint density at radius 1 is 1.13 bits per heavy atom. The molecular formula is C20H22Cl2N6O2. The summed E-state index contributed by atoms with van der Waals surface area (Å²) in [6.45, 7) is 8.71. The van der Waals surface area contributed by atoms with E-state index in [1.165, 1.54) is 4.68 Å². The van der Waals surface area contributed by atoms with Crippen LogP contribution in [0.15, 0.2) is 33.7 Å². The highest BCUT2D eigenvalue weighted by Crippen LogP contribution is 2.26. The van der Waals surface area contributed by atoms with Crippen molar-refractivity contribution in [3.63, 3.8) is 0 Å². The molecule has 1 aliphatic rings. The number of rotatable bonds is 4. The minimum absolute atomic E-state index is 0.0289. The van der Waals surface area contributed by atoms with Crippen molar-refractivity contribution < 1.29 is 4.52 Å². The zero-order chi connectivity index (χ0) is 21.4. The highest BCUT2D eigenvalue weighted by atomic mass is 35.5. The molecule has 4 rings (SSSR count). The topological polar surface area (TPSA) is 80.3 Å². The number of halogens is 2. The lowest BCUT2D eigenvalue weighted by Gasteiger charge is -2.38. The van der Waals surface area contributed by atoms with Gasteiger partial charge in [0.2, 0.25) is 5.89 Å². The van der Waals surface area contributed by atoms with Crippen LogP contribution in [-0.2, 0) is 0 Å². The SMILES string of the molecule is Cc1noc(C(C)N2CCN(c3cnn(-c4ccc(C)c(Cl)c4)c(=O)c3Cl)CC2)n1. The highest BCUT2D eigenvalue weighted by Gasteiger charge is 2.27.